The van der Waals surface area contributed by atoms with Crippen LogP contribution in [0.1, 0.15) is 20.3 Å². The number of hydrogen-bond acceptors (Lipinski definition) is 6. The summed E-state index contributed by atoms with van der Waals surface area (Å²) in [6.45, 7) is 7.66. The Morgan fingerprint density at radius 2 is 1.97 bits per heavy atom. The second-order valence-corrected chi connectivity index (χ2v) is 8.33. The van der Waals surface area contributed by atoms with Gasteiger partial charge in [0.15, 0.2) is 5.16 Å². The van der Waals surface area contributed by atoms with Gasteiger partial charge in [-0.2, -0.15) is 0 Å². The highest BCUT2D eigenvalue weighted by Gasteiger charge is 2.14. The zero-order chi connectivity index (χ0) is 22.2. The Kier molecular flexibility index (Phi) is 8.45. The van der Waals surface area contributed by atoms with Crippen molar-refractivity contribution < 1.29 is 4.79 Å². The van der Waals surface area contributed by atoms with Crippen molar-refractivity contribution in [2.75, 3.05) is 30.7 Å². The van der Waals surface area contributed by atoms with E-state index in [1.165, 1.54) is 18.0 Å². The highest BCUT2D eigenvalue weighted by Crippen LogP contribution is 2.19. The third-order valence-electron chi connectivity index (χ3n) is 4.90. The normalized spacial score (nSPS) is 11.2. The number of benzene rings is 1. The molecule has 0 saturated carbocycles. The first kappa shape index (κ1) is 23.2. The highest BCUT2D eigenvalue weighted by molar-refractivity contribution is 7.99. The number of nitrogens with zero attached hydrogens (tertiary/aromatic N) is 4. The van der Waals surface area contributed by atoms with Crippen LogP contribution >= 0.6 is 23.4 Å². The van der Waals surface area contributed by atoms with Gasteiger partial charge in [0.25, 0.3) is 5.56 Å². The monoisotopic (exact) mass is 459 g/mol. The number of para-hydroxylation sites is 1. The number of aromatic nitrogens is 3. The first-order valence-electron chi connectivity index (χ1n) is 10.3. The Balaban J connectivity index is 1.76. The molecule has 0 aliphatic rings. The molecule has 7 nitrogen and oxygen atoms in total. The van der Waals surface area contributed by atoms with Crippen LogP contribution in [0.25, 0.3) is 10.9 Å². The fraction of sp³-hybridized carbons (Fsp3) is 0.364. The quantitative estimate of drug-likeness (QED) is 0.366. The molecule has 31 heavy (non-hydrogen) atoms. The van der Waals surface area contributed by atoms with Gasteiger partial charge in [-0.3, -0.25) is 14.2 Å². The Bertz CT molecular complexity index is 1080. The molecule has 0 fully saturated rings. The average Bonchev–Trinajstić information content (AvgIpc) is 2.78. The lowest BCUT2D eigenvalue weighted by Crippen LogP contribution is -2.28. The van der Waals surface area contributed by atoms with Crippen LogP contribution in [0, 0.1) is 0 Å². The molecule has 1 aromatic carbocycles. The van der Waals surface area contributed by atoms with Crippen molar-refractivity contribution in [2.24, 2.45) is 0 Å². The summed E-state index contributed by atoms with van der Waals surface area (Å²) in [7, 11) is 0. The lowest BCUT2D eigenvalue weighted by Gasteiger charge is -2.19. The Labute approximate surface area is 190 Å². The maximum atomic E-state index is 13.1. The largest absolute Gasteiger partial charge is 0.310 e. The topological polar surface area (TPSA) is 80.1 Å². The van der Waals surface area contributed by atoms with E-state index in [4.69, 9.17) is 11.6 Å². The molecule has 0 atom stereocenters. The minimum Gasteiger partial charge on any atom is -0.310 e. The molecule has 0 spiro atoms. The van der Waals surface area contributed by atoms with Crippen LogP contribution < -0.4 is 10.9 Å². The van der Waals surface area contributed by atoms with Gasteiger partial charge in [0.2, 0.25) is 5.91 Å². The van der Waals surface area contributed by atoms with Gasteiger partial charge in [-0.15, -0.1) is 0 Å². The predicted molar refractivity (Wildman–Crippen MR) is 127 cm³/mol. The fourth-order valence-corrected chi connectivity index (χ4v) is 4.14. The summed E-state index contributed by atoms with van der Waals surface area (Å²) in [6, 6.07) is 10.6. The molecule has 0 unspecified atom stereocenters. The molecule has 0 saturated heterocycles. The molecule has 0 bridgehead atoms. The van der Waals surface area contributed by atoms with E-state index in [0.29, 0.717) is 33.4 Å². The molecule has 164 valence electrons. The molecule has 2 heterocycles. The molecular formula is C22H26ClN5O2S. The van der Waals surface area contributed by atoms with Crippen molar-refractivity contribution in [3.63, 3.8) is 0 Å². The van der Waals surface area contributed by atoms with E-state index < -0.39 is 0 Å². The maximum absolute atomic E-state index is 13.1. The molecule has 0 aliphatic carbocycles. The summed E-state index contributed by atoms with van der Waals surface area (Å²) in [5.74, 6) is 0.320. The lowest BCUT2D eigenvalue weighted by molar-refractivity contribution is -0.113. The number of fused-ring (bicyclic) bond motifs is 1. The summed E-state index contributed by atoms with van der Waals surface area (Å²) in [6.07, 6.45) is 2.30. The van der Waals surface area contributed by atoms with Crippen LogP contribution in [0.15, 0.2) is 52.5 Å². The number of halogens is 1. The Morgan fingerprint density at radius 1 is 1.19 bits per heavy atom. The molecule has 9 heteroatoms. The van der Waals surface area contributed by atoms with E-state index in [9.17, 15) is 9.59 Å². The molecule has 3 aromatic rings. The second kappa shape index (κ2) is 11.3. The Morgan fingerprint density at radius 3 is 2.68 bits per heavy atom. The number of carbonyl (C=O) groups is 1. The van der Waals surface area contributed by atoms with Gasteiger partial charge >= 0.3 is 0 Å². The zero-order valence-electron chi connectivity index (χ0n) is 17.7. The van der Waals surface area contributed by atoms with Gasteiger partial charge in [0.1, 0.15) is 5.82 Å². The van der Waals surface area contributed by atoms with Crippen LogP contribution in [0.2, 0.25) is 5.02 Å². The number of carbonyl (C=O) groups excluding carboxylic acids is 1. The van der Waals surface area contributed by atoms with Gasteiger partial charge in [0, 0.05) is 12.7 Å². The maximum Gasteiger partial charge on any atom is 0.262 e. The highest BCUT2D eigenvalue weighted by atomic mass is 35.5. The molecule has 0 aliphatic heterocycles. The predicted octanol–water partition coefficient (Wildman–Crippen LogP) is 3.91. The van der Waals surface area contributed by atoms with Crippen molar-refractivity contribution in [3.05, 3.63) is 58.0 Å². The average molecular weight is 460 g/mol. The van der Waals surface area contributed by atoms with E-state index in [1.54, 1.807) is 22.8 Å². The minimum absolute atomic E-state index is 0.0765. The number of amides is 1. The summed E-state index contributed by atoms with van der Waals surface area (Å²) < 4.78 is 1.68. The molecule has 2 aromatic heterocycles. The van der Waals surface area contributed by atoms with Gasteiger partial charge in [0.05, 0.1) is 21.7 Å². The minimum atomic E-state index is -0.225. The van der Waals surface area contributed by atoms with Crippen LogP contribution in [-0.4, -0.2) is 50.7 Å². The van der Waals surface area contributed by atoms with Crippen molar-refractivity contribution in [1.82, 2.24) is 19.4 Å². The summed E-state index contributed by atoms with van der Waals surface area (Å²) in [4.78, 5) is 36.5. The summed E-state index contributed by atoms with van der Waals surface area (Å²) in [5, 5.41) is 4.37. The lowest BCUT2D eigenvalue weighted by atomic mass is 10.2. The third-order valence-corrected chi connectivity index (χ3v) is 6.10. The van der Waals surface area contributed by atoms with Gasteiger partial charge in [-0.1, -0.05) is 49.3 Å². The third kappa shape index (κ3) is 6.29. The van der Waals surface area contributed by atoms with Crippen molar-refractivity contribution in [2.45, 2.75) is 32.0 Å². The molecular weight excluding hydrogens is 434 g/mol. The molecule has 3 rings (SSSR count). The van der Waals surface area contributed by atoms with Crippen LogP contribution in [0.3, 0.4) is 0 Å². The van der Waals surface area contributed by atoms with Gasteiger partial charge in [-0.05, 0) is 50.3 Å². The zero-order valence-corrected chi connectivity index (χ0v) is 19.2. The SMILES string of the molecule is CCN(CC)CCCn1c(SCC(=O)Nc2ccc(Cl)cn2)nc2ccccc2c1=O. The van der Waals surface area contributed by atoms with Crippen LogP contribution in [-0.2, 0) is 11.3 Å². The Hall–Kier alpha value is -2.42. The van der Waals surface area contributed by atoms with Crippen molar-refractivity contribution in [1.29, 1.82) is 0 Å². The standard InChI is InChI=1S/C22H26ClN5O2S/c1-3-27(4-2)12-7-13-28-21(30)17-8-5-6-9-18(17)25-22(28)31-15-20(29)26-19-11-10-16(23)14-24-19/h5-6,8-11,14H,3-4,7,12-13,15H2,1-2H3,(H,24,26,29). The second-order valence-electron chi connectivity index (χ2n) is 6.95. The summed E-state index contributed by atoms with van der Waals surface area (Å²) in [5.41, 5.74) is 0.558. The number of pyridine rings is 1. The number of rotatable bonds is 10. The van der Waals surface area contributed by atoms with Crippen LogP contribution in [0.5, 0.6) is 0 Å². The number of nitrogens with one attached hydrogen (secondary N) is 1. The fourth-order valence-electron chi connectivity index (χ4n) is 3.21. The van der Waals surface area contributed by atoms with Crippen LogP contribution in [0.4, 0.5) is 5.82 Å². The smallest absolute Gasteiger partial charge is 0.262 e. The van der Waals surface area contributed by atoms with E-state index in [0.717, 1.165) is 26.1 Å². The van der Waals surface area contributed by atoms with E-state index >= 15 is 0 Å². The summed E-state index contributed by atoms with van der Waals surface area (Å²) >= 11 is 7.08. The van der Waals surface area contributed by atoms with E-state index in [-0.39, 0.29) is 17.2 Å². The molecule has 1 N–H and O–H groups in total. The van der Waals surface area contributed by atoms with E-state index in [1.807, 2.05) is 18.2 Å². The number of anilines is 1. The van der Waals surface area contributed by atoms with Gasteiger partial charge < -0.3 is 10.2 Å². The number of thioether (sulfide) groups is 1. The van der Waals surface area contributed by atoms with Gasteiger partial charge in [-0.25, -0.2) is 9.97 Å². The molecule has 0 radical (unpaired) electrons. The molecule has 1 amide bonds. The van der Waals surface area contributed by atoms with E-state index in [2.05, 4.69) is 34.0 Å². The first-order chi connectivity index (χ1) is 15.0. The number of hydrogen-bond donors (Lipinski definition) is 1. The van der Waals surface area contributed by atoms with Crippen molar-refractivity contribution in [3.8, 4) is 0 Å². The first-order valence-corrected chi connectivity index (χ1v) is 11.6. The van der Waals surface area contributed by atoms with Crippen molar-refractivity contribution >= 4 is 46.0 Å².